The number of hydrogen-bond donors (Lipinski definition) is 5. The molecule has 1 saturated carbocycles. The normalized spacial score (nSPS) is 18.2. The Hall–Kier alpha value is -3.73. The topological polar surface area (TPSA) is 137 Å². The van der Waals surface area contributed by atoms with Gasteiger partial charge in [-0.25, -0.2) is 18.7 Å². The minimum absolute atomic E-state index is 0.0397. The van der Waals surface area contributed by atoms with Crippen molar-refractivity contribution in [3.05, 3.63) is 52.9 Å². The molecule has 0 saturated heterocycles. The standard InChI is InChI=1S/C22H21ClF2N8O/c23-10-4-13-14(7-27-18(13)16(24)5-10)20-28-9-17(25)21(32-20)30-11-2-1-3-12(6-11)31-22(34)15-8-29-33-19(15)26/h4-5,7-9,11-12,27H,1-3,6H2,(H,31,34)(H3,26,29,33)(H,28,30,32)/t11-,12+/m0/s1. The number of H-pyrrole nitrogens is 2. The minimum atomic E-state index is -0.606. The number of amides is 1. The second-order valence-electron chi connectivity index (χ2n) is 8.28. The molecule has 1 aliphatic rings. The molecule has 12 heteroatoms. The molecule has 0 unspecified atom stereocenters. The van der Waals surface area contributed by atoms with E-state index in [1.165, 1.54) is 12.3 Å². The van der Waals surface area contributed by atoms with Crippen LogP contribution in [0, 0.1) is 11.6 Å². The van der Waals surface area contributed by atoms with Gasteiger partial charge in [-0.1, -0.05) is 11.6 Å². The number of halogens is 3. The summed E-state index contributed by atoms with van der Waals surface area (Å²) in [6.07, 6.45) is 7.01. The van der Waals surface area contributed by atoms with E-state index >= 15 is 0 Å². The molecule has 3 heterocycles. The maximum absolute atomic E-state index is 14.6. The van der Waals surface area contributed by atoms with E-state index in [1.807, 2.05) is 0 Å². The van der Waals surface area contributed by atoms with Crippen LogP contribution in [-0.2, 0) is 0 Å². The first-order valence-electron chi connectivity index (χ1n) is 10.7. The third-order valence-corrected chi connectivity index (χ3v) is 6.17. The first-order chi connectivity index (χ1) is 16.4. The van der Waals surface area contributed by atoms with Gasteiger partial charge in [0.25, 0.3) is 5.91 Å². The Morgan fingerprint density at radius 3 is 2.79 bits per heavy atom. The Morgan fingerprint density at radius 2 is 2.00 bits per heavy atom. The lowest BCUT2D eigenvalue weighted by Gasteiger charge is -2.30. The highest BCUT2D eigenvalue weighted by atomic mass is 35.5. The van der Waals surface area contributed by atoms with Crippen LogP contribution >= 0.6 is 11.6 Å². The van der Waals surface area contributed by atoms with E-state index in [0.717, 1.165) is 25.5 Å². The Morgan fingerprint density at radius 1 is 1.18 bits per heavy atom. The smallest absolute Gasteiger partial charge is 0.256 e. The number of nitrogens with zero attached hydrogens (tertiary/aromatic N) is 3. The number of hydrogen-bond acceptors (Lipinski definition) is 6. The molecule has 176 valence electrons. The molecular weight excluding hydrogens is 466 g/mol. The van der Waals surface area contributed by atoms with Crippen LogP contribution in [-0.4, -0.2) is 43.1 Å². The Balaban J connectivity index is 1.33. The average molecular weight is 487 g/mol. The number of carbonyl (C=O) groups is 1. The van der Waals surface area contributed by atoms with Gasteiger partial charge in [0.2, 0.25) is 0 Å². The molecule has 0 bridgehead atoms. The van der Waals surface area contributed by atoms with Crippen molar-refractivity contribution in [3.63, 3.8) is 0 Å². The van der Waals surface area contributed by atoms with Crippen molar-refractivity contribution in [1.29, 1.82) is 0 Å². The van der Waals surface area contributed by atoms with Gasteiger partial charge < -0.3 is 21.4 Å². The number of rotatable bonds is 5. The molecule has 9 nitrogen and oxygen atoms in total. The number of anilines is 2. The lowest BCUT2D eigenvalue weighted by atomic mass is 9.90. The second kappa shape index (κ2) is 8.90. The van der Waals surface area contributed by atoms with Gasteiger partial charge in [0.1, 0.15) is 17.2 Å². The molecule has 4 aromatic rings. The number of aromatic nitrogens is 5. The largest absolute Gasteiger partial charge is 0.383 e. The summed E-state index contributed by atoms with van der Waals surface area (Å²) in [5.74, 6) is -0.938. The maximum atomic E-state index is 14.6. The van der Waals surface area contributed by atoms with Crippen LogP contribution in [0.4, 0.5) is 20.4 Å². The quantitative estimate of drug-likeness (QED) is 0.289. The number of nitrogen functional groups attached to an aromatic ring is 1. The molecule has 0 spiro atoms. The zero-order valence-electron chi connectivity index (χ0n) is 17.8. The summed E-state index contributed by atoms with van der Waals surface area (Å²) in [4.78, 5) is 23.8. The lowest BCUT2D eigenvalue weighted by Crippen LogP contribution is -2.42. The molecule has 0 radical (unpaired) electrons. The average Bonchev–Trinajstić information content (AvgIpc) is 3.42. The molecule has 1 amide bonds. The Bertz CT molecular complexity index is 1370. The van der Waals surface area contributed by atoms with E-state index in [4.69, 9.17) is 17.3 Å². The van der Waals surface area contributed by atoms with Crippen molar-refractivity contribution in [2.75, 3.05) is 11.1 Å². The molecule has 0 aliphatic heterocycles. The van der Waals surface area contributed by atoms with Gasteiger partial charge in [0.05, 0.1) is 17.9 Å². The van der Waals surface area contributed by atoms with Crippen LogP contribution in [0.1, 0.15) is 36.0 Å². The van der Waals surface area contributed by atoms with Crippen LogP contribution in [0.25, 0.3) is 22.3 Å². The fourth-order valence-corrected chi connectivity index (χ4v) is 4.53. The maximum Gasteiger partial charge on any atom is 0.256 e. The van der Waals surface area contributed by atoms with E-state index in [9.17, 15) is 13.6 Å². The highest BCUT2D eigenvalue weighted by Gasteiger charge is 2.26. The summed E-state index contributed by atoms with van der Waals surface area (Å²) in [7, 11) is 0. The number of nitrogens with one attached hydrogen (secondary N) is 4. The number of nitrogens with two attached hydrogens (primary N) is 1. The van der Waals surface area contributed by atoms with Gasteiger partial charge in [0.15, 0.2) is 17.5 Å². The van der Waals surface area contributed by atoms with Crippen LogP contribution in [0.2, 0.25) is 5.02 Å². The van der Waals surface area contributed by atoms with Crippen LogP contribution in [0.3, 0.4) is 0 Å². The van der Waals surface area contributed by atoms with Gasteiger partial charge in [-0.2, -0.15) is 5.10 Å². The predicted octanol–water partition coefficient (Wildman–Crippen LogP) is 4.01. The van der Waals surface area contributed by atoms with Crippen LogP contribution in [0.15, 0.2) is 30.7 Å². The summed E-state index contributed by atoms with van der Waals surface area (Å²) < 4.78 is 28.8. The van der Waals surface area contributed by atoms with Crippen molar-refractivity contribution >= 4 is 40.0 Å². The van der Waals surface area contributed by atoms with Crippen molar-refractivity contribution in [3.8, 4) is 11.4 Å². The minimum Gasteiger partial charge on any atom is -0.383 e. The third kappa shape index (κ3) is 4.26. The summed E-state index contributed by atoms with van der Waals surface area (Å²) in [5.41, 5.74) is 6.78. The van der Waals surface area contributed by atoms with Crippen LogP contribution in [0.5, 0.6) is 0 Å². The van der Waals surface area contributed by atoms with Crippen molar-refractivity contribution < 1.29 is 13.6 Å². The molecule has 3 aromatic heterocycles. The first kappa shape index (κ1) is 22.1. The zero-order chi connectivity index (χ0) is 23.8. The molecule has 1 aromatic carbocycles. The molecular formula is C22H21ClF2N8O. The van der Waals surface area contributed by atoms with Crippen molar-refractivity contribution in [1.82, 2.24) is 30.5 Å². The number of carbonyl (C=O) groups excluding carboxylic acids is 1. The number of aromatic amines is 2. The van der Waals surface area contributed by atoms with Gasteiger partial charge in [-0.05, 0) is 37.8 Å². The molecule has 6 N–H and O–H groups in total. The summed E-state index contributed by atoms with van der Waals surface area (Å²) in [5, 5.41) is 13.1. The molecule has 5 rings (SSSR count). The van der Waals surface area contributed by atoms with Gasteiger partial charge >= 0.3 is 0 Å². The first-order valence-corrected chi connectivity index (χ1v) is 11.1. The van der Waals surface area contributed by atoms with E-state index < -0.39 is 11.6 Å². The lowest BCUT2D eigenvalue weighted by molar-refractivity contribution is 0.0927. The van der Waals surface area contributed by atoms with Gasteiger partial charge in [-0.3, -0.25) is 9.89 Å². The van der Waals surface area contributed by atoms with Gasteiger partial charge in [-0.15, -0.1) is 0 Å². The van der Waals surface area contributed by atoms with E-state index in [0.29, 0.717) is 17.4 Å². The Labute approximate surface area is 197 Å². The number of benzene rings is 1. The molecule has 1 fully saturated rings. The molecule has 34 heavy (non-hydrogen) atoms. The summed E-state index contributed by atoms with van der Waals surface area (Å²) in [6.45, 7) is 0. The van der Waals surface area contributed by atoms with E-state index in [-0.39, 0.29) is 51.6 Å². The summed E-state index contributed by atoms with van der Waals surface area (Å²) in [6, 6.07) is 2.58. The highest BCUT2D eigenvalue weighted by Crippen LogP contribution is 2.32. The fraction of sp³-hybridized carbons (Fsp3) is 0.273. The van der Waals surface area contributed by atoms with Crippen molar-refractivity contribution in [2.24, 2.45) is 0 Å². The highest BCUT2D eigenvalue weighted by molar-refractivity contribution is 6.31. The third-order valence-electron chi connectivity index (χ3n) is 5.95. The predicted molar refractivity (Wildman–Crippen MR) is 124 cm³/mol. The van der Waals surface area contributed by atoms with E-state index in [2.05, 4.69) is 35.8 Å². The molecule has 1 aliphatic carbocycles. The summed E-state index contributed by atoms with van der Waals surface area (Å²) >= 11 is 6.01. The van der Waals surface area contributed by atoms with Crippen molar-refractivity contribution in [2.45, 2.75) is 37.8 Å². The number of fused-ring (bicyclic) bond motifs is 1. The monoisotopic (exact) mass is 486 g/mol. The fourth-order valence-electron chi connectivity index (χ4n) is 4.32. The SMILES string of the molecule is Nc1[nH]ncc1C(=O)N[C@@H]1CCC[C@H](Nc2nc(-c3c[nH]c4c(F)cc(Cl)cc34)ncc2F)C1. The van der Waals surface area contributed by atoms with Crippen LogP contribution < -0.4 is 16.4 Å². The van der Waals surface area contributed by atoms with Gasteiger partial charge in [0, 0.05) is 34.3 Å². The second-order valence-corrected chi connectivity index (χ2v) is 8.71. The van der Waals surface area contributed by atoms with E-state index in [1.54, 1.807) is 12.3 Å². The zero-order valence-corrected chi connectivity index (χ0v) is 18.6. The Kier molecular flexibility index (Phi) is 5.78. The molecule has 2 atom stereocenters.